The molecule has 0 fully saturated rings. The zero-order valence-corrected chi connectivity index (χ0v) is 9.48. The molecule has 0 amide bonds. The van der Waals surface area contributed by atoms with Crippen molar-refractivity contribution in [3.63, 3.8) is 0 Å². The third kappa shape index (κ3) is 1.38. The van der Waals surface area contributed by atoms with Crippen LogP contribution >= 0.6 is 7.60 Å². The molecule has 1 aromatic rings. The van der Waals surface area contributed by atoms with Crippen molar-refractivity contribution in [2.45, 2.75) is 25.1 Å². The number of aliphatic hydroxyl groups is 1. The molecule has 0 aromatic carbocycles. The standard InChI is InChI=1S/C9H12NO5P/c1-5-8(11)6-2-3-9(12,16(13,14)15)7(6)4-10-5/h4,11-12H,2-3H2,1H3,(H2,13,14,15). The zero-order valence-electron chi connectivity index (χ0n) is 8.58. The Morgan fingerprint density at radius 1 is 1.50 bits per heavy atom. The molecule has 1 heterocycles. The van der Waals surface area contributed by atoms with Crippen LogP contribution in [0.25, 0.3) is 0 Å². The number of hydrogen-bond acceptors (Lipinski definition) is 4. The summed E-state index contributed by atoms with van der Waals surface area (Å²) in [6.07, 6.45) is 1.34. The summed E-state index contributed by atoms with van der Waals surface area (Å²) >= 11 is 0. The highest BCUT2D eigenvalue weighted by Crippen LogP contribution is 2.61. The summed E-state index contributed by atoms with van der Waals surface area (Å²) in [6.45, 7) is 1.59. The fourth-order valence-corrected chi connectivity index (χ4v) is 2.89. The molecule has 6 nitrogen and oxygen atoms in total. The van der Waals surface area contributed by atoms with E-state index in [1.807, 2.05) is 0 Å². The fourth-order valence-electron chi connectivity index (χ4n) is 1.98. The molecule has 1 aliphatic rings. The van der Waals surface area contributed by atoms with Crippen molar-refractivity contribution in [3.8, 4) is 5.75 Å². The van der Waals surface area contributed by atoms with Crippen molar-refractivity contribution in [2.75, 3.05) is 0 Å². The molecular weight excluding hydrogens is 233 g/mol. The van der Waals surface area contributed by atoms with E-state index in [-0.39, 0.29) is 24.2 Å². The van der Waals surface area contributed by atoms with Crippen molar-refractivity contribution in [1.82, 2.24) is 4.98 Å². The smallest absolute Gasteiger partial charge is 0.361 e. The first-order valence-electron chi connectivity index (χ1n) is 4.73. The van der Waals surface area contributed by atoms with Crippen LogP contribution in [0.5, 0.6) is 5.75 Å². The third-order valence-electron chi connectivity index (χ3n) is 2.98. The summed E-state index contributed by atoms with van der Waals surface area (Å²) in [5.41, 5.74) is 0.788. The number of pyridine rings is 1. The molecule has 88 valence electrons. The van der Waals surface area contributed by atoms with E-state index in [4.69, 9.17) is 9.79 Å². The second-order valence-electron chi connectivity index (χ2n) is 3.95. The lowest BCUT2D eigenvalue weighted by Gasteiger charge is -2.24. The van der Waals surface area contributed by atoms with Crippen LogP contribution in [0, 0.1) is 6.92 Å². The van der Waals surface area contributed by atoms with Crippen LogP contribution in [0.2, 0.25) is 0 Å². The molecule has 1 atom stereocenters. The second-order valence-corrected chi connectivity index (χ2v) is 5.77. The highest BCUT2D eigenvalue weighted by atomic mass is 31.2. The number of aromatic hydroxyl groups is 1. The summed E-state index contributed by atoms with van der Waals surface area (Å²) in [5.74, 6) is -0.0955. The molecule has 16 heavy (non-hydrogen) atoms. The maximum Gasteiger partial charge on any atom is 0.361 e. The Kier molecular flexibility index (Phi) is 2.36. The number of rotatable bonds is 1. The van der Waals surface area contributed by atoms with Crippen LogP contribution in [0.15, 0.2) is 6.20 Å². The molecule has 1 aromatic heterocycles. The highest BCUT2D eigenvalue weighted by molar-refractivity contribution is 7.52. The van der Waals surface area contributed by atoms with E-state index in [0.717, 1.165) is 0 Å². The minimum Gasteiger partial charge on any atom is -0.506 e. The summed E-state index contributed by atoms with van der Waals surface area (Å²) in [4.78, 5) is 22.1. The van der Waals surface area contributed by atoms with Gasteiger partial charge in [0.25, 0.3) is 0 Å². The molecule has 2 rings (SSSR count). The summed E-state index contributed by atoms with van der Waals surface area (Å²) < 4.78 is 11.2. The lowest BCUT2D eigenvalue weighted by Crippen LogP contribution is -2.22. The SMILES string of the molecule is Cc1ncc2c(c1O)CCC2(O)P(=O)(O)O. The maximum atomic E-state index is 11.2. The molecule has 1 unspecified atom stereocenters. The minimum absolute atomic E-state index is 0.0314. The molecular formula is C9H12NO5P. The molecule has 0 saturated heterocycles. The van der Waals surface area contributed by atoms with Gasteiger partial charge in [-0.2, -0.15) is 0 Å². The Balaban J connectivity index is 2.66. The van der Waals surface area contributed by atoms with Gasteiger partial charge in [-0.15, -0.1) is 0 Å². The summed E-state index contributed by atoms with van der Waals surface area (Å²) in [6, 6.07) is 0. The van der Waals surface area contributed by atoms with Gasteiger partial charge >= 0.3 is 7.60 Å². The van der Waals surface area contributed by atoms with Gasteiger partial charge in [0.2, 0.25) is 0 Å². The molecule has 0 saturated carbocycles. The van der Waals surface area contributed by atoms with E-state index in [9.17, 15) is 14.8 Å². The van der Waals surface area contributed by atoms with E-state index in [1.165, 1.54) is 6.20 Å². The van der Waals surface area contributed by atoms with Crippen LogP contribution < -0.4 is 0 Å². The normalized spacial score (nSPS) is 24.5. The summed E-state index contributed by atoms with van der Waals surface area (Å²) in [5, 5.41) is 17.5. The fraction of sp³-hybridized carbons (Fsp3) is 0.444. The van der Waals surface area contributed by atoms with Gasteiger partial charge in [0.15, 0.2) is 5.34 Å². The Morgan fingerprint density at radius 2 is 2.12 bits per heavy atom. The zero-order chi connectivity index (χ0) is 12.1. The first-order valence-corrected chi connectivity index (χ1v) is 6.34. The number of fused-ring (bicyclic) bond motifs is 1. The molecule has 7 heteroatoms. The predicted octanol–water partition coefficient (Wildman–Crippen LogP) is 0.365. The monoisotopic (exact) mass is 245 g/mol. The minimum atomic E-state index is -4.69. The number of nitrogens with zero attached hydrogens (tertiary/aromatic N) is 1. The van der Waals surface area contributed by atoms with Crippen molar-refractivity contribution in [3.05, 3.63) is 23.0 Å². The topological polar surface area (TPSA) is 111 Å². The maximum absolute atomic E-state index is 11.2. The number of hydrogen-bond donors (Lipinski definition) is 4. The van der Waals surface area contributed by atoms with Crippen LogP contribution in [0.1, 0.15) is 23.2 Å². The molecule has 4 N–H and O–H groups in total. The van der Waals surface area contributed by atoms with Crippen molar-refractivity contribution >= 4 is 7.60 Å². The van der Waals surface area contributed by atoms with Crippen LogP contribution in [0.4, 0.5) is 0 Å². The van der Waals surface area contributed by atoms with Crippen LogP contribution in [-0.2, 0) is 16.3 Å². The lowest BCUT2D eigenvalue weighted by molar-refractivity contribution is 0.0909. The van der Waals surface area contributed by atoms with Gasteiger partial charge in [-0.3, -0.25) is 9.55 Å². The van der Waals surface area contributed by atoms with E-state index >= 15 is 0 Å². The van der Waals surface area contributed by atoms with Crippen molar-refractivity contribution < 1.29 is 24.6 Å². The Labute approximate surface area is 91.7 Å². The number of aromatic nitrogens is 1. The van der Waals surface area contributed by atoms with Gasteiger partial charge in [0.1, 0.15) is 5.75 Å². The van der Waals surface area contributed by atoms with Gasteiger partial charge in [0, 0.05) is 17.3 Å². The van der Waals surface area contributed by atoms with E-state index in [0.29, 0.717) is 11.3 Å². The molecule has 0 spiro atoms. The quantitative estimate of drug-likeness (QED) is 0.532. The molecule has 0 bridgehead atoms. The van der Waals surface area contributed by atoms with Crippen LogP contribution in [-0.4, -0.2) is 25.0 Å². The second kappa shape index (κ2) is 3.28. The Morgan fingerprint density at radius 3 is 2.69 bits per heavy atom. The van der Waals surface area contributed by atoms with Crippen LogP contribution in [0.3, 0.4) is 0 Å². The number of aryl methyl sites for hydroxylation is 1. The van der Waals surface area contributed by atoms with Gasteiger partial charge in [-0.05, 0) is 19.8 Å². The largest absolute Gasteiger partial charge is 0.506 e. The van der Waals surface area contributed by atoms with Gasteiger partial charge in [-0.25, -0.2) is 0 Å². The first-order chi connectivity index (χ1) is 7.27. The molecule has 1 aliphatic carbocycles. The van der Waals surface area contributed by atoms with Crippen molar-refractivity contribution in [1.29, 1.82) is 0 Å². The Bertz CT molecular complexity index is 497. The van der Waals surface area contributed by atoms with Gasteiger partial charge in [-0.1, -0.05) is 0 Å². The van der Waals surface area contributed by atoms with Crippen molar-refractivity contribution in [2.24, 2.45) is 0 Å². The third-order valence-corrected chi connectivity index (χ3v) is 4.41. The molecule has 0 aliphatic heterocycles. The van der Waals surface area contributed by atoms with Gasteiger partial charge in [0.05, 0.1) is 5.69 Å². The summed E-state index contributed by atoms with van der Waals surface area (Å²) in [7, 11) is -4.69. The Hall–Kier alpha value is -0.940. The first kappa shape index (κ1) is 11.5. The van der Waals surface area contributed by atoms with E-state index in [1.54, 1.807) is 6.92 Å². The lowest BCUT2D eigenvalue weighted by atomic mass is 10.1. The highest BCUT2D eigenvalue weighted by Gasteiger charge is 2.52. The average molecular weight is 245 g/mol. The van der Waals surface area contributed by atoms with E-state index < -0.39 is 12.9 Å². The predicted molar refractivity (Wildman–Crippen MR) is 54.9 cm³/mol. The average Bonchev–Trinajstić information content (AvgIpc) is 2.51. The van der Waals surface area contributed by atoms with Gasteiger partial charge < -0.3 is 20.0 Å². The molecule has 0 radical (unpaired) electrons. The van der Waals surface area contributed by atoms with E-state index in [2.05, 4.69) is 4.98 Å².